The second-order valence-electron chi connectivity index (χ2n) is 4.89. The zero-order chi connectivity index (χ0) is 13.9. The molecule has 6 heteroatoms. The minimum Gasteiger partial charge on any atom is -0.313 e. The first-order valence-corrected chi connectivity index (χ1v) is 8.69. The van der Waals surface area contributed by atoms with Gasteiger partial charge in [0.1, 0.15) is 0 Å². The molecule has 0 radical (unpaired) electrons. The zero-order valence-corrected chi connectivity index (χ0v) is 13.4. The summed E-state index contributed by atoms with van der Waals surface area (Å²) < 4.78 is 27.1. The van der Waals surface area contributed by atoms with Gasteiger partial charge in [-0.15, -0.1) is 0 Å². The fraction of sp³-hybridized carbons (Fsp3) is 0.538. The molecule has 0 amide bonds. The predicted molar refractivity (Wildman–Crippen MR) is 79.6 cm³/mol. The Bertz CT molecular complexity index is 510. The topological polar surface area (TPSA) is 49.4 Å². The standard InChI is InChI=1S/C13H19BrN2O2S/c1-16(10-12-4-2-3-9-15-12)19(17,18)13-7-5-11(14)6-8-13/h5-8,12,15H,2-4,9-10H2,1H3. The van der Waals surface area contributed by atoms with Crippen LogP contribution in [0.2, 0.25) is 0 Å². The number of rotatable bonds is 4. The van der Waals surface area contributed by atoms with E-state index in [-0.39, 0.29) is 6.04 Å². The van der Waals surface area contributed by atoms with Crippen molar-refractivity contribution in [3.8, 4) is 0 Å². The highest BCUT2D eigenvalue weighted by atomic mass is 79.9. The summed E-state index contributed by atoms with van der Waals surface area (Å²) in [6.07, 6.45) is 3.39. The van der Waals surface area contributed by atoms with Crippen molar-refractivity contribution < 1.29 is 8.42 Å². The van der Waals surface area contributed by atoms with Gasteiger partial charge in [0.2, 0.25) is 10.0 Å². The molecular weight excluding hydrogens is 328 g/mol. The molecule has 1 aromatic rings. The van der Waals surface area contributed by atoms with E-state index in [0.29, 0.717) is 11.4 Å². The Morgan fingerprint density at radius 2 is 2.00 bits per heavy atom. The van der Waals surface area contributed by atoms with Crippen molar-refractivity contribution in [3.05, 3.63) is 28.7 Å². The van der Waals surface area contributed by atoms with E-state index < -0.39 is 10.0 Å². The molecule has 1 aliphatic rings. The maximum Gasteiger partial charge on any atom is 0.242 e. The highest BCUT2D eigenvalue weighted by Gasteiger charge is 2.24. The molecule has 106 valence electrons. The first-order chi connectivity index (χ1) is 9.00. The average Bonchev–Trinajstić information content (AvgIpc) is 2.40. The third kappa shape index (κ3) is 3.78. The molecule has 0 bridgehead atoms. The van der Waals surface area contributed by atoms with E-state index in [9.17, 15) is 8.42 Å². The van der Waals surface area contributed by atoms with E-state index in [2.05, 4.69) is 21.2 Å². The van der Waals surface area contributed by atoms with Gasteiger partial charge in [0.15, 0.2) is 0 Å². The molecule has 0 aromatic heterocycles. The summed E-state index contributed by atoms with van der Waals surface area (Å²) in [5.74, 6) is 0. The summed E-state index contributed by atoms with van der Waals surface area (Å²) >= 11 is 3.31. The van der Waals surface area contributed by atoms with Crippen LogP contribution in [0.1, 0.15) is 19.3 Å². The lowest BCUT2D eigenvalue weighted by Crippen LogP contribution is -2.44. The van der Waals surface area contributed by atoms with Crippen molar-refractivity contribution in [1.82, 2.24) is 9.62 Å². The molecule has 1 heterocycles. The van der Waals surface area contributed by atoms with E-state index >= 15 is 0 Å². The van der Waals surface area contributed by atoms with Crippen LogP contribution in [0.15, 0.2) is 33.6 Å². The second-order valence-corrected chi connectivity index (χ2v) is 7.85. The number of sulfonamides is 1. The molecule has 1 N–H and O–H groups in total. The van der Waals surface area contributed by atoms with E-state index in [1.807, 2.05) is 0 Å². The molecule has 1 aromatic carbocycles. The first-order valence-electron chi connectivity index (χ1n) is 6.45. The van der Waals surface area contributed by atoms with E-state index in [4.69, 9.17) is 0 Å². The van der Waals surface area contributed by atoms with Crippen LogP contribution in [-0.2, 0) is 10.0 Å². The number of hydrogen-bond acceptors (Lipinski definition) is 3. The molecule has 1 saturated heterocycles. The molecule has 19 heavy (non-hydrogen) atoms. The SMILES string of the molecule is CN(CC1CCCCN1)S(=O)(=O)c1ccc(Br)cc1. The van der Waals surface area contributed by atoms with Crippen molar-refractivity contribution >= 4 is 26.0 Å². The quantitative estimate of drug-likeness (QED) is 0.909. The predicted octanol–water partition coefficient (Wildman–Crippen LogP) is 2.21. The molecule has 1 aliphatic heterocycles. The Kier molecular flexibility index (Phi) is 5.00. The minimum absolute atomic E-state index is 0.268. The first kappa shape index (κ1) is 15.0. The van der Waals surface area contributed by atoms with Crippen LogP contribution < -0.4 is 5.32 Å². The maximum absolute atomic E-state index is 12.4. The number of hydrogen-bond donors (Lipinski definition) is 1. The van der Waals surface area contributed by atoms with Gasteiger partial charge in [-0.3, -0.25) is 0 Å². The van der Waals surface area contributed by atoms with Gasteiger partial charge < -0.3 is 5.32 Å². The van der Waals surface area contributed by atoms with Crippen LogP contribution in [0.5, 0.6) is 0 Å². The average molecular weight is 347 g/mol. The number of likely N-dealkylation sites (N-methyl/N-ethyl adjacent to an activating group) is 1. The second kappa shape index (κ2) is 6.35. The van der Waals surface area contributed by atoms with E-state index in [1.54, 1.807) is 31.3 Å². The zero-order valence-electron chi connectivity index (χ0n) is 11.0. The smallest absolute Gasteiger partial charge is 0.242 e. The highest BCUT2D eigenvalue weighted by Crippen LogP contribution is 2.19. The van der Waals surface area contributed by atoms with E-state index in [1.165, 1.54) is 17.1 Å². The van der Waals surface area contributed by atoms with Gasteiger partial charge in [0.25, 0.3) is 0 Å². The van der Waals surface area contributed by atoms with Gasteiger partial charge in [0.05, 0.1) is 4.90 Å². The molecule has 1 fully saturated rings. The van der Waals surface area contributed by atoms with Crippen LogP contribution in [0.4, 0.5) is 0 Å². The molecule has 1 atom stereocenters. The van der Waals surface area contributed by atoms with Crippen LogP contribution >= 0.6 is 15.9 Å². The van der Waals surface area contributed by atoms with Gasteiger partial charge in [-0.05, 0) is 43.7 Å². The van der Waals surface area contributed by atoms with E-state index in [0.717, 1.165) is 17.4 Å². The Morgan fingerprint density at radius 1 is 1.32 bits per heavy atom. The summed E-state index contributed by atoms with van der Waals surface area (Å²) in [6.45, 7) is 1.51. The van der Waals surface area contributed by atoms with Crippen LogP contribution in [0.3, 0.4) is 0 Å². The number of piperidine rings is 1. The van der Waals surface area contributed by atoms with Gasteiger partial charge in [-0.25, -0.2) is 8.42 Å². The number of halogens is 1. The molecule has 0 saturated carbocycles. The summed E-state index contributed by atoms with van der Waals surface area (Å²) in [5.41, 5.74) is 0. The number of nitrogens with zero attached hydrogens (tertiary/aromatic N) is 1. The Morgan fingerprint density at radius 3 is 2.58 bits per heavy atom. The minimum atomic E-state index is -3.38. The largest absolute Gasteiger partial charge is 0.313 e. The fourth-order valence-electron chi connectivity index (χ4n) is 2.27. The lowest BCUT2D eigenvalue weighted by Gasteiger charge is -2.27. The molecule has 1 unspecified atom stereocenters. The molecule has 4 nitrogen and oxygen atoms in total. The van der Waals surface area contributed by atoms with Crippen molar-refractivity contribution in [2.24, 2.45) is 0 Å². The van der Waals surface area contributed by atoms with Crippen LogP contribution in [-0.4, -0.2) is 38.9 Å². The Labute approximate surface area is 123 Å². The van der Waals surface area contributed by atoms with Crippen molar-refractivity contribution in [2.45, 2.75) is 30.2 Å². The van der Waals surface area contributed by atoms with Crippen LogP contribution in [0.25, 0.3) is 0 Å². The van der Waals surface area contributed by atoms with Crippen molar-refractivity contribution in [2.75, 3.05) is 20.1 Å². The lowest BCUT2D eigenvalue weighted by molar-refractivity contribution is 0.337. The molecule has 2 rings (SSSR count). The molecular formula is C13H19BrN2O2S. The number of benzene rings is 1. The number of nitrogens with one attached hydrogen (secondary N) is 1. The molecule has 0 spiro atoms. The van der Waals surface area contributed by atoms with Crippen LogP contribution in [0, 0.1) is 0 Å². The van der Waals surface area contributed by atoms with Crippen molar-refractivity contribution in [3.63, 3.8) is 0 Å². The van der Waals surface area contributed by atoms with Gasteiger partial charge in [-0.2, -0.15) is 4.31 Å². The monoisotopic (exact) mass is 346 g/mol. The third-order valence-corrected chi connectivity index (χ3v) is 5.78. The maximum atomic E-state index is 12.4. The molecule has 0 aliphatic carbocycles. The van der Waals surface area contributed by atoms with Gasteiger partial charge in [0, 0.05) is 24.1 Å². The third-order valence-electron chi connectivity index (χ3n) is 3.41. The summed E-state index contributed by atoms with van der Waals surface area (Å²) in [7, 11) is -1.74. The van der Waals surface area contributed by atoms with Gasteiger partial charge in [-0.1, -0.05) is 22.4 Å². The Balaban J connectivity index is 2.07. The summed E-state index contributed by atoms with van der Waals surface area (Å²) in [4.78, 5) is 0.342. The normalized spacial score (nSPS) is 20.7. The lowest BCUT2D eigenvalue weighted by atomic mass is 10.1. The Hall–Kier alpha value is -0.430. The summed E-state index contributed by atoms with van der Waals surface area (Å²) in [6, 6.07) is 7.03. The highest BCUT2D eigenvalue weighted by molar-refractivity contribution is 9.10. The van der Waals surface area contributed by atoms with Crippen molar-refractivity contribution in [1.29, 1.82) is 0 Å². The van der Waals surface area contributed by atoms with Gasteiger partial charge >= 0.3 is 0 Å². The summed E-state index contributed by atoms with van der Waals surface area (Å²) in [5, 5.41) is 3.37. The fourth-order valence-corrected chi connectivity index (χ4v) is 3.76.